The van der Waals surface area contributed by atoms with Crippen LogP contribution in [0, 0.1) is 11.3 Å². The number of thioether (sulfide) groups is 1. The van der Waals surface area contributed by atoms with Crippen LogP contribution in [-0.2, 0) is 0 Å². The Balaban J connectivity index is 2.49. The first-order valence-corrected chi connectivity index (χ1v) is 7.94. The number of rotatable bonds is 5. The molecule has 1 aliphatic heterocycles. The Hall–Kier alpha value is 0.270. The molecule has 0 aromatic carbocycles. The van der Waals surface area contributed by atoms with Gasteiger partial charge in [0.1, 0.15) is 0 Å². The molecule has 2 unspecified atom stereocenters. The summed E-state index contributed by atoms with van der Waals surface area (Å²) in [7, 11) is 4.33. The average Bonchev–Trinajstić information content (AvgIpc) is 2.14. The lowest BCUT2D eigenvalue weighted by molar-refractivity contribution is 0.240. The second-order valence-corrected chi connectivity index (χ2v) is 7.89. The highest BCUT2D eigenvalue weighted by molar-refractivity contribution is 7.99. The highest BCUT2D eigenvalue weighted by Gasteiger charge is 2.30. The Morgan fingerprint density at radius 1 is 1.35 bits per heavy atom. The van der Waals surface area contributed by atoms with Crippen molar-refractivity contribution in [1.29, 1.82) is 0 Å². The molecule has 2 atom stereocenters. The van der Waals surface area contributed by atoms with Crippen LogP contribution in [0.2, 0.25) is 0 Å². The van der Waals surface area contributed by atoms with E-state index in [-0.39, 0.29) is 0 Å². The molecule has 1 fully saturated rings. The van der Waals surface area contributed by atoms with Crippen LogP contribution in [0.5, 0.6) is 0 Å². The Labute approximate surface area is 112 Å². The molecule has 1 heterocycles. The van der Waals surface area contributed by atoms with Crippen LogP contribution < -0.4 is 5.32 Å². The van der Waals surface area contributed by atoms with Crippen molar-refractivity contribution in [2.24, 2.45) is 11.3 Å². The fraction of sp³-hybridized carbons (Fsp3) is 1.00. The number of likely N-dealkylation sites (N-methyl/N-ethyl adjacent to an activating group) is 1. The lowest BCUT2D eigenvalue weighted by Crippen LogP contribution is -2.50. The zero-order valence-electron chi connectivity index (χ0n) is 12.4. The van der Waals surface area contributed by atoms with Crippen molar-refractivity contribution in [3.05, 3.63) is 0 Å². The minimum Gasteiger partial charge on any atom is -0.309 e. The van der Waals surface area contributed by atoms with E-state index in [9.17, 15) is 0 Å². The highest BCUT2D eigenvalue weighted by atomic mass is 32.2. The van der Waals surface area contributed by atoms with Gasteiger partial charge in [-0.25, -0.2) is 0 Å². The summed E-state index contributed by atoms with van der Waals surface area (Å²) in [6.07, 6.45) is 1.32. The van der Waals surface area contributed by atoms with Gasteiger partial charge in [0, 0.05) is 24.4 Å². The van der Waals surface area contributed by atoms with Gasteiger partial charge in [0.25, 0.3) is 0 Å². The molecule has 1 rings (SSSR count). The molecule has 102 valence electrons. The van der Waals surface area contributed by atoms with E-state index in [2.05, 4.69) is 63.8 Å². The van der Waals surface area contributed by atoms with Crippen LogP contribution in [0.3, 0.4) is 0 Å². The van der Waals surface area contributed by atoms with Crippen molar-refractivity contribution in [2.45, 2.75) is 46.2 Å². The Morgan fingerprint density at radius 3 is 2.47 bits per heavy atom. The molecule has 17 heavy (non-hydrogen) atoms. The second-order valence-electron chi connectivity index (χ2n) is 6.86. The molecule has 0 amide bonds. The maximum Gasteiger partial charge on any atom is 0.0220 e. The number of nitrogens with zero attached hydrogens (tertiary/aromatic N) is 1. The summed E-state index contributed by atoms with van der Waals surface area (Å²) in [5.74, 6) is 3.29. The fourth-order valence-electron chi connectivity index (χ4n) is 2.52. The SMILES string of the molecule is CC(C)C(CN(C)C)NC1CSCC(C)(C)C1. The number of nitrogens with one attached hydrogen (secondary N) is 1. The smallest absolute Gasteiger partial charge is 0.0220 e. The van der Waals surface area contributed by atoms with Crippen molar-refractivity contribution in [2.75, 3.05) is 32.1 Å². The van der Waals surface area contributed by atoms with Gasteiger partial charge in [-0.2, -0.15) is 11.8 Å². The number of hydrogen-bond donors (Lipinski definition) is 1. The van der Waals surface area contributed by atoms with Gasteiger partial charge in [0.05, 0.1) is 0 Å². The summed E-state index contributed by atoms with van der Waals surface area (Å²) in [6.45, 7) is 10.6. The van der Waals surface area contributed by atoms with E-state index in [1.807, 2.05) is 0 Å². The summed E-state index contributed by atoms with van der Waals surface area (Å²) in [4.78, 5) is 2.29. The van der Waals surface area contributed by atoms with Gasteiger partial charge < -0.3 is 10.2 Å². The van der Waals surface area contributed by atoms with Gasteiger partial charge in [-0.1, -0.05) is 27.7 Å². The maximum absolute atomic E-state index is 3.88. The Morgan fingerprint density at radius 2 is 2.00 bits per heavy atom. The molecule has 0 bridgehead atoms. The lowest BCUT2D eigenvalue weighted by Gasteiger charge is -2.38. The molecular weight excluding hydrogens is 228 g/mol. The lowest BCUT2D eigenvalue weighted by atomic mass is 9.87. The highest BCUT2D eigenvalue weighted by Crippen LogP contribution is 2.33. The first-order chi connectivity index (χ1) is 7.80. The summed E-state index contributed by atoms with van der Waals surface area (Å²) in [5.41, 5.74) is 0.500. The van der Waals surface area contributed by atoms with Crippen LogP contribution in [0.4, 0.5) is 0 Å². The van der Waals surface area contributed by atoms with Crippen LogP contribution in [-0.4, -0.2) is 49.1 Å². The van der Waals surface area contributed by atoms with Crippen LogP contribution >= 0.6 is 11.8 Å². The zero-order valence-corrected chi connectivity index (χ0v) is 13.2. The van der Waals surface area contributed by atoms with Gasteiger partial charge >= 0.3 is 0 Å². The van der Waals surface area contributed by atoms with E-state index in [0.717, 1.165) is 6.54 Å². The Kier molecular flexibility index (Phi) is 5.81. The molecule has 0 spiro atoms. The van der Waals surface area contributed by atoms with Gasteiger partial charge in [-0.3, -0.25) is 0 Å². The molecule has 0 saturated carbocycles. The van der Waals surface area contributed by atoms with E-state index in [0.29, 0.717) is 23.4 Å². The standard InChI is InChI=1S/C14H30N2S/c1-11(2)13(8-16(5)6)15-12-7-14(3,4)10-17-9-12/h11-13,15H,7-10H2,1-6H3. The predicted molar refractivity (Wildman–Crippen MR) is 79.8 cm³/mol. The summed E-state index contributed by atoms with van der Waals surface area (Å²) < 4.78 is 0. The van der Waals surface area contributed by atoms with Gasteiger partial charge in [-0.05, 0) is 37.6 Å². The van der Waals surface area contributed by atoms with E-state index >= 15 is 0 Å². The number of hydrogen-bond acceptors (Lipinski definition) is 3. The quantitative estimate of drug-likeness (QED) is 0.816. The Bertz CT molecular complexity index is 226. The third-order valence-electron chi connectivity index (χ3n) is 3.43. The summed E-state index contributed by atoms with van der Waals surface area (Å²) >= 11 is 2.11. The van der Waals surface area contributed by atoms with E-state index in [4.69, 9.17) is 0 Å². The van der Waals surface area contributed by atoms with Gasteiger partial charge in [0.2, 0.25) is 0 Å². The molecule has 1 aliphatic rings. The van der Waals surface area contributed by atoms with Crippen molar-refractivity contribution >= 4 is 11.8 Å². The first-order valence-electron chi connectivity index (χ1n) is 6.79. The van der Waals surface area contributed by atoms with Crippen LogP contribution in [0.25, 0.3) is 0 Å². The molecular formula is C14H30N2S. The molecule has 2 nitrogen and oxygen atoms in total. The molecule has 3 heteroatoms. The fourth-order valence-corrected chi connectivity index (χ4v) is 3.81. The molecule has 0 aromatic rings. The molecule has 1 saturated heterocycles. The summed E-state index contributed by atoms with van der Waals surface area (Å²) in [6, 6.07) is 1.31. The maximum atomic E-state index is 3.88. The van der Waals surface area contributed by atoms with E-state index < -0.39 is 0 Å². The van der Waals surface area contributed by atoms with Gasteiger partial charge in [-0.15, -0.1) is 0 Å². The third kappa shape index (κ3) is 5.62. The molecule has 0 aliphatic carbocycles. The molecule has 0 aromatic heterocycles. The topological polar surface area (TPSA) is 15.3 Å². The van der Waals surface area contributed by atoms with E-state index in [1.165, 1.54) is 17.9 Å². The minimum absolute atomic E-state index is 0.500. The predicted octanol–water partition coefficient (Wildman–Crippen LogP) is 2.69. The van der Waals surface area contributed by atoms with Gasteiger partial charge in [0.15, 0.2) is 0 Å². The van der Waals surface area contributed by atoms with E-state index in [1.54, 1.807) is 0 Å². The summed E-state index contributed by atoms with van der Waals surface area (Å²) in [5, 5.41) is 3.88. The first kappa shape index (κ1) is 15.3. The largest absolute Gasteiger partial charge is 0.309 e. The van der Waals surface area contributed by atoms with Crippen LogP contribution in [0.1, 0.15) is 34.1 Å². The van der Waals surface area contributed by atoms with Crippen LogP contribution in [0.15, 0.2) is 0 Å². The van der Waals surface area contributed by atoms with Crippen molar-refractivity contribution in [1.82, 2.24) is 10.2 Å². The average molecular weight is 258 g/mol. The second kappa shape index (κ2) is 6.44. The normalized spacial score (nSPS) is 26.5. The van der Waals surface area contributed by atoms with Crippen molar-refractivity contribution in [3.8, 4) is 0 Å². The molecule has 0 radical (unpaired) electrons. The third-order valence-corrected chi connectivity index (χ3v) is 5.05. The van der Waals surface area contributed by atoms with Crippen molar-refractivity contribution in [3.63, 3.8) is 0 Å². The minimum atomic E-state index is 0.500. The van der Waals surface area contributed by atoms with Crippen molar-refractivity contribution < 1.29 is 0 Å². The monoisotopic (exact) mass is 258 g/mol. The zero-order chi connectivity index (χ0) is 13.1. The molecule has 1 N–H and O–H groups in total.